The minimum Gasteiger partial charge on any atom is -0.410 e. The van der Waals surface area contributed by atoms with Crippen LogP contribution in [0.5, 0.6) is 0 Å². The molecular weight excluding hydrogens is 560 g/mol. The quantitative estimate of drug-likeness (QED) is 0.212. The van der Waals surface area contributed by atoms with Crippen molar-refractivity contribution in [2.45, 2.75) is 19.8 Å². The van der Waals surface area contributed by atoms with E-state index in [0.29, 0.717) is 52.5 Å². The van der Waals surface area contributed by atoms with Crippen LogP contribution in [0, 0.1) is 0 Å². The van der Waals surface area contributed by atoms with Crippen molar-refractivity contribution in [2.75, 3.05) is 6.61 Å². The van der Waals surface area contributed by atoms with E-state index in [0.717, 1.165) is 56.6 Å². The summed E-state index contributed by atoms with van der Waals surface area (Å²) in [5.74, 6) is 2.28. The SMILES string of the molecule is CCCCOn1c2nc3nc(nc4[nH]c(nc5nc(nc1c1ccccc12)-c1ccccc1-5)c1ccccc41)-c1ccccc1-3. The smallest absolute Gasteiger partial charge is 0.180 e. The maximum atomic E-state index is 6.46. The van der Waals surface area contributed by atoms with Crippen LogP contribution in [-0.4, -0.2) is 46.2 Å². The number of nitrogens with zero attached hydrogens (tertiary/aromatic N) is 7. The second-order valence-corrected chi connectivity index (χ2v) is 11.1. The summed E-state index contributed by atoms with van der Waals surface area (Å²) in [5.41, 5.74) is 6.20. The fraction of sp³-hybridized carbons (Fsp3) is 0.111. The molecule has 2 aliphatic heterocycles. The first-order chi connectivity index (χ1) is 22.3. The van der Waals surface area contributed by atoms with Crippen molar-refractivity contribution in [1.29, 1.82) is 0 Å². The Labute approximate surface area is 257 Å². The molecule has 0 radical (unpaired) electrons. The standard InChI is InChI=1S/C36H26N8O/c1-2-3-20-45-44-35-27-18-10-11-19-28(27)36(44)43-34-26-17-9-7-15-24(26)32(41-34)39-30-22-13-5-4-12-21(22)29(37-30)38-31-23-14-6-8-16-25(23)33(40-31)42-35/h4-19H,2-3,20H2,1H3,(H,37,38,39,40,41,42,43). The van der Waals surface area contributed by atoms with Gasteiger partial charge >= 0.3 is 0 Å². The van der Waals surface area contributed by atoms with Crippen molar-refractivity contribution in [3.05, 3.63) is 97.1 Å². The van der Waals surface area contributed by atoms with Gasteiger partial charge in [-0.3, -0.25) is 0 Å². The first kappa shape index (κ1) is 25.5. The minimum absolute atomic E-state index is 0.509. The molecule has 0 saturated carbocycles. The molecule has 3 aromatic heterocycles. The van der Waals surface area contributed by atoms with Crippen molar-refractivity contribution in [3.8, 4) is 45.6 Å². The summed E-state index contributed by atoms with van der Waals surface area (Å²) in [6.07, 6.45) is 1.88. The second-order valence-electron chi connectivity index (χ2n) is 11.1. The third-order valence-corrected chi connectivity index (χ3v) is 8.29. The number of unbranched alkanes of at least 4 members (excludes halogenated alkanes) is 1. The van der Waals surface area contributed by atoms with Gasteiger partial charge < -0.3 is 9.82 Å². The highest BCUT2D eigenvalue weighted by atomic mass is 16.7. The molecule has 2 aliphatic rings. The van der Waals surface area contributed by atoms with Crippen molar-refractivity contribution in [1.82, 2.24) is 39.6 Å². The Bertz CT molecular complexity index is 2310. The summed E-state index contributed by atoms with van der Waals surface area (Å²) >= 11 is 0. The molecule has 9 nitrogen and oxygen atoms in total. The Morgan fingerprint density at radius 3 is 1.36 bits per heavy atom. The average Bonchev–Trinajstić information content (AvgIpc) is 3.80. The number of nitrogens with one attached hydrogen (secondary N) is 1. The van der Waals surface area contributed by atoms with Crippen LogP contribution < -0.4 is 4.84 Å². The molecule has 7 aromatic rings. The van der Waals surface area contributed by atoms with E-state index in [1.807, 2.05) is 97.1 Å². The zero-order chi connectivity index (χ0) is 29.9. The average molecular weight is 587 g/mol. The highest BCUT2D eigenvalue weighted by molar-refractivity contribution is 6.06. The molecule has 45 heavy (non-hydrogen) atoms. The van der Waals surface area contributed by atoms with Crippen molar-refractivity contribution in [3.63, 3.8) is 0 Å². The number of H-pyrrole nitrogens is 1. The van der Waals surface area contributed by atoms with Crippen LogP contribution in [0.4, 0.5) is 0 Å². The molecule has 0 aliphatic carbocycles. The van der Waals surface area contributed by atoms with Gasteiger partial charge in [-0.25, -0.2) is 29.9 Å². The lowest BCUT2D eigenvalue weighted by molar-refractivity contribution is 0.124. The molecule has 4 aromatic carbocycles. The first-order valence-electron chi connectivity index (χ1n) is 15.1. The molecule has 0 saturated heterocycles. The number of aromatic nitrogens is 8. The molecule has 1 N–H and O–H groups in total. The van der Waals surface area contributed by atoms with Gasteiger partial charge in [0.15, 0.2) is 34.6 Å². The summed E-state index contributed by atoms with van der Waals surface area (Å²) in [5, 5.41) is 3.70. The second kappa shape index (κ2) is 10.1. The van der Waals surface area contributed by atoms with E-state index in [1.54, 1.807) is 4.73 Å². The van der Waals surface area contributed by atoms with E-state index >= 15 is 0 Å². The van der Waals surface area contributed by atoms with E-state index in [4.69, 9.17) is 34.7 Å². The summed E-state index contributed by atoms with van der Waals surface area (Å²) in [6, 6.07) is 32.3. The zero-order valence-corrected chi connectivity index (χ0v) is 24.4. The van der Waals surface area contributed by atoms with Crippen LogP contribution in [0.3, 0.4) is 0 Å². The number of fused-ring (bicyclic) bond motifs is 20. The third kappa shape index (κ3) is 4.01. The normalized spacial score (nSPS) is 11.9. The Morgan fingerprint density at radius 2 is 0.911 bits per heavy atom. The Hall–Kier alpha value is -5.96. The predicted octanol–water partition coefficient (Wildman–Crippen LogP) is 7.57. The van der Waals surface area contributed by atoms with Gasteiger partial charge in [-0.15, -0.1) is 4.73 Å². The van der Waals surface area contributed by atoms with Gasteiger partial charge in [-0.05, 0) is 6.42 Å². The van der Waals surface area contributed by atoms with Gasteiger partial charge in [-0.2, -0.15) is 0 Å². The van der Waals surface area contributed by atoms with Crippen LogP contribution in [0.2, 0.25) is 0 Å². The van der Waals surface area contributed by atoms with Crippen molar-refractivity contribution in [2.24, 2.45) is 0 Å². The predicted molar refractivity (Wildman–Crippen MR) is 176 cm³/mol. The fourth-order valence-electron chi connectivity index (χ4n) is 6.09. The molecule has 0 unspecified atom stereocenters. The van der Waals surface area contributed by atoms with Gasteiger partial charge in [0, 0.05) is 43.8 Å². The fourth-order valence-corrected chi connectivity index (χ4v) is 6.09. The number of rotatable bonds is 4. The number of hydrogen-bond donors (Lipinski definition) is 1. The first-order valence-corrected chi connectivity index (χ1v) is 15.1. The molecule has 216 valence electrons. The topological polar surface area (TPSA) is 107 Å². The third-order valence-electron chi connectivity index (χ3n) is 8.29. The molecule has 8 bridgehead atoms. The van der Waals surface area contributed by atoms with E-state index in [1.165, 1.54) is 0 Å². The summed E-state index contributed by atoms with van der Waals surface area (Å²) in [6.45, 7) is 2.65. The highest BCUT2D eigenvalue weighted by Crippen LogP contribution is 2.37. The molecule has 9 heteroatoms. The summed E-state index contributed by atoms with van der Waals surface area (Å²) in [7, 11) is 0. The largest absolute Gasteiger partial charge is 0.410 e. The van der Waals surface area contributed by atoms with E-state index in [2.05, 4.69) is 11.9 Å². The van der Waals surface area contributed by atoms with Crippen LogP contribution in [0.25, 0.3) is 89.7 Å². The zero-order valence-electron chi connectivity index (χ0n) is 24.4. The van der Waals surface area contributed by atoms with Crippen molar-refractivity contribution >= 4 is 44.1 Å². The maximum Gasteiger partial charge on any atom is 0.180 e. The van der Waals surface area contributed by atoms with Crippen molar-refractivity contribution < 1.29 is 4.84 Å². The van der Waals surface area contributed by atoms with Crippen LogP contribution in [0.1, 0.15) is 19.8 Å². The lowest BCUT2D eigenvalue weighted by atomic mass is 10.1. The molecule has 0 atom stereocenters. The summed E-state index contributed by atoms with van der Waals surface area (Å²) < 4.78 is 1.75. The van der Waals surface area contributed by atoms with Gasteiger partial charge in [0.05, 0.1) is 0 Å². The minimum atomic E-state index is 0.509. The molecule has 0 amide bonds. The van der Waals surface area contributed by atoms with Gasteiger partial charge in [0.25, 0.3) is 0 Å². The Kier molecular flexibility index (Phi) is 5.71. The number of aromatic amines is 1. The number of hydrogen-bond acceptors (Lipinski definition) is 7. The summed E-state index contributed by atoms with van der Waals surface area (Å²) in [4.78, 5) is 40.4. The monoisotopic (exact) mass is 586 g/mol. The maximum absolute atomic E-state index is 6.46. The Balaban J connectivity index is 1.50. The van der Waals surface area contributed by atoms with Crippen LogP contribution in [-0.2, 0) is 0 Å². The van der Waals surface area contributed by atoms with Gasteiger partial charge in [0.1, 0.15) is 17.9 Å². The molecular formula is C36H26N8O. The highest BCUT2D eigenvalue weighted by Gasteiger charge is 2.23. The van der Waals surface area contributed by atoms with E-state index in [-0.39, 0.29) is 0 Å². The molecule has 9 rings (SSSR count). The number of benzene rings is 4. The molecule has 0 spiro atoms. The van der Waals surface area contributed by atoms with Gasteiger partial charge in [0.2, 0.25) is 0 Å². The van der Waals surface area contributed by atoms with Crippen LogP contribution in [0.15, 0.2) is 97.1 Å². The lowest BCUT2D eigenvalue weighted by Gasteiger charge is -2.07. The van der Waals surface area contributed by atoms with E-state index < -0.39 is 0 Å². The van der Waals surface area contributed by atoms with Gasteiger partial charge in [-0.1, -0.05) is 110 Å². The lowest BCUT2D eigenvalue weighted by Crippen LogP contribution is -2.13. The van der Waals surface area contributed by atoms with E-state index in [9.17, 15) is 0 Å². The Morgan fingerprint density at radius 1 is 0.511 bits per heavy atom. The molecule has 5 heterocycles. The molecule has 0 fully saturated rings. The van der Waals surface area contributed by atoms with Crippen LogP contribution >= 0.6 is 0 Å².